The van der Waals surface area contributed by atoms with E-state index in [-0.39, 0.29) is 4.70 Å². The molecule has 0 amide bonds. The standard InChI is InChI=1S/C5H12S.FH/c1-5(2,3)6-4;/h1-4H3;1H. The SMILES string of the molecule is CSC(C)(C)C.F. The van der Waals surface area contributed by atoms with Gasteiger partial charge in [-0.25, -0.2) is 0 Å². The molecule has 0 N–H and O–H groups in total. The fourth-order valence-corrected chi connectivity index (χ4v) is 0. The van der Waals surface area contributed by atoms with Crippen molar-refractivity contribution in [3.8, 4) is 0 Å². The fraction of sp³-hybridized carbons (Fsp3) is 1.00. The van der Waals surface area contributed by atoms with E-state index < -0.39 is 0 Å². The van der Waals surface area contributed by atoms with Crippen LogP contribution in [-0.4, -0.2) is 11.0 Å². The van der Waals surface area contributed by atoms with Gasteiger partial charge in [0.05, 0.1) is 0 Å². The molecule has 0 aromatic carbocycles. The summed E-state index contributed by atoms with van der Waals surface area (Å²) in [7, 11) is 0. The van der Waals surface area contributed by atoms with Crippen molar-refractivity contribution in [2.75, 3.05) is 6.26 Å². The average Bonchev–Trinajstić information content (AvgIpc) is 1.35. The van der Waals surface area contributed by atoms with E-state index in [4.69, 9.17) is 0 Å². The Hall–Kier alpha value is 0.280. The van der Waals surface area contributed by atoms with E-state index in [1.54, 1.807) is 0 Å². The van der Waals surface area contributed by atoms with Gasteiger partial charge in [-0.05, 0) is 6.26 Å². The molecule has 0 aliphatic heterocycles. The molecule has 0 aliphatic rings. The summed E-state index contributed by atoms with van der Waals surface area (Å²) in [5.41, 5.74) is 0. The molecule has 0 rings (SSSR count). The highest BCUT2D eigenvalue weighted by molar-refractivity contribution is 7.99. The zero-order valence-electron chi connectivity index (χ0n) is 5.32. The normalized spacial score (nSPS) is 10.3. The Labute approximate surface area is 49.1 Å². The second-order valence-corrected chi connectivity index (χ2v) is 3.95. The Balaban J connectivity index is 0. The molecule has 0 unspecified atom stereocenters. The highest BCUT2D eigenvalue weighted by Crippen LogP contribution is 2.18. The molecule has 0 aromatic heterocycles. The average molecular weight is 124 g/mol. The van der Waals surface area contributed by atoms with Crippen molar-refractivity contribution in [1.29, 1.82) is 0 Å². The van der Waals surface area contributed by atoms with Gasteiger partial charge in [-0.3, -0.25) is 4.70 Å². The molecule has 0 atom stereocenters. The lowest BCUT2D eigenvalue weighted by Gasteiger charge is -2.12. The van der Waals surface area contributed by atoms with Gasteiger partial charge in [-0.1, -0.05) is 20.8 Å². The van der Waals surface area contributed by atoms with Crippen LogP contribution in [0.25, 0.3) is 0 Å². The molecule has 46 valence electrons. The van der Waals surface area contributed by atoms with Gasteiger partial charge in [0.15, 0.2) is 0 Å². The molecule has 0 saturated carbocycles. The van der Waals surface area contributed by atoms with E-state index in [9.17, 15) is 0 Å². The number of halogens is 1. The van der Waals surface area contributed by atoms with Crippen LogP contribution in [0.3, 0.4) is 0 Å². The smallest absolute Gasteiger partial charge is 0.00723 e. The van der Waals surface area contributed by atoms with Gasteiger partial charge < -0.3 is 0 Å². The monoisotopic (exact) mass is 124 g/mol. The molecule has 0 aromatic rings. The second kappa shape index (κ2) is 3.30. The summed E-state index contributed by atoms with van der Waals surface area (Å²) < 4.78 is 0.458. The van der Waals surface area contributed by atoms with E-state index in [0.717, 1.165) is 0 Å². The molecule has 0 nitrogen and oxygen atoms in total. The van der Waals surface area contributed by atoms with Crippen LogP contribution >= 0.6 is 11.8 Å². The molecular formula is C5H13FS. The third-order valence-electron chi connectivity index (χ3n) is 0.612. The van der Waals surface area contributed by atoms with Gasteiger partial charge in [0, 0.05) is 4.75 Å². The van der Waals surface area contributed by atoms with Crippen molar-refractivity contribution in [3.05, 3.63) is 0 Å². The third-order valence-corrected chi connectivity index (χ3v) is 1.84. The minimum Gasteiger partial charge on any atom is -0.269 e. The largest absolute Gasteiger partial charge is 0.269 e. The fourth-order valence-electron chi connectivity index (χ4n) is 0. The Morgan fingerprint density at radius 3 is 1.29 bits per heavy atom. The van der Waals surface area contributed by atoms with E-state index in [1.165, 1.54) is 0 Å². The van der Waals surface area contributed by atoms with Gasteiger partial charge in [0.1, 0.15) is 0 Å². The van der Waals surface area contributed by atoms with Crippen molar-refractivity contribution in [2.45, 2.75) is 25.5 Å². The highest BCUT2D eigenvalue weighted by Gasteiger charge is 2.04. The highest BCUT2D eigenvalue weighted by atomic mass is 32.2. The topological polar surface area (TPSA) is 0 Å². The number of rotatable bonds is 0. The van der Waals surface area contributed by atoms with Gasteiger partial charge in [-0.15, -0.1) is 0 Å². The first-order valence-corrected chi connectivity index (χ1v) is 3.34. The lowest BCUT2D eigenvalue weighted by atomic mass is 10.3. The van der Waals surface area contributed by atoms with Crippen molar-refractivity contribution in [3.63, 3.8) is 0 Å². The van der Waals surface area contributed by atoms with Gasteiger partial charge in [-0.2, -0.15) is 11.8 Å². The summed E-state index contributed by atoms with van der Waals surface area (Å²) in [5, 5.41) is 0. The van der Waals surface area contributed by atoms with Gasteiger partial charge >= 0.3 is 0 Å². The second-order valence-electron chi connectivity index (χ2n) is 2.32. The lowest BCUT2D eigenvalue weighted by molar-refractivity contribution is 0.806. The van der Waals surface area contributed by atoms with Crippen LogP contribution in [0.2, 0.25) is 0 Å². The number of hydrogen-bond donors (Lipinski definition) is 0. The van der Waals surface area contributed by atoms with Gasteiger partial charge in [0.25, 0.3) is 0 Å². The zero-order valence-corrected chi connectivity index (χ0v) is 6.13. The Morgan fingerprint density at radius 2 is 1.29 bits per heavy atom. The summed E-state index contributed by atoms with van der Waals surface area (Å²) in [6.07, 6.45) is 2.12. The van der Waals surface area contributed by atoms with E-state index in [2.05, 4.69) is 27.0 Å². The van der Waals surface area contributed by atoms with E-state index in [1.807, 2.05) is 11.8 Å². The van der Waals surface area contributed by atoms with Crippen LogP contribution in [0.5, 0.6) is 0 Å². The van der Waals surface area contributed by atoms with Crippen LogP contribution in [0.4, 0.5) is 4.70 Å². The maximum atomic E-state index is 2.21. The van der Waals surface area contributed by atoms with Crippen molar-refractivity contribution in [2.24, 2.45) is 0 Å². The van der Waals surface area contributed by atoms with Gasteiger partial charge in [0.2, 0.25) is 0 Å². The minimum atomic E-state index is 0. The van der Waals surface area contributed by atoms with Crippen LogP contribution in [0, 0.1) is 0 Å². The Bertz CT molecular complexity index is 37.8. The van der Waals surface area contributed by atoms with Crippen molar-refractivity contribution in [1.82, 2.24) is 0 Å². The Morgan fingerprint density at radius 1 is 1.14 bits per heavy atom. The lowest BCUT2D eigenvalue weighted by Crippen LogP contribution is -2.04. The quantitative estimate of drug-likeness (QED) is 0.477. The predicted molar refractivity (Wildman–Crippen MR) is 35.8 cm³/mol. The molecular weight excluding hydrogens is 111 g/mol. The first-order valence-electron chi connectivity index (χ1n) is 2.11. The van der Waals surface area contributed by atoms with E-state index >= 15 is 0 Å². The maximum absolute atomic E-state index is 2.21. The molecule has 0 saturated heterocycles. The van der Waals surface area contributed by atoms with Crippen LogP contribution in [-0.2, 0) is 0 Å². The van der Waals surface area contributed by atoms with Crippen LogP contribution in [0.15, 0.2) is 0 Å². The summed E-state index contributed by atoms with van der Waals surface area (Å²) >= 11 is 1.88. The molecule has 7 heavy (non-hydrogen) atoms. The van der Waals surface area contributed by atoms with Crippen molar-refractivity contribution < 1.29 is 4.70 Å². The molecule has 0 radical (unpaired) electrons. The molecule has 0 aliphatic carbocycles. The number of thioether (sulfide) groups is 1. The first kappa shape index (κ1) is 10.3. The summed E-state index contributed by atoms with van der Waals surface area (Å²) in [4.78, 5) is 0. The molecule has 0 spiro atoms. The molecule has 0 heterocycles. The van der Waals surface area contributed by atoms with Crippen LogP contribution < -0.4 is 0 Å². The number of hydrogen-bond acceptors (Lipinski definition) is 1. The first-order chi connectivity index (χ1) is 2.56. The van der Waals surface area contributed by atoms with Crippen molar-refractivity contribution >= 4 is 11.8 Å². The predicted octanol–water partition coefficient (Wildman–Crippen LogP) is 2.30. The zero-order chi connectivity index (χ0) is 5.21. The molecule has 0 fully saturated rings. The Kier molecular flexibility index (Phi) is 4.86. The summed E-state index contributed by atoms with van der Waals surface area (Å²) in [6.45, 7) is 6.62. The van der Waals surface area contributed by atoms with E-state index in [0.29, 0.717) is 4.75 Å². The van der Waals surface area contributed by atoms with Crippen LogP contribution in [0.1, 0.15) is 20.8 Å². The minimum absolute atomic E-state index is 0. The maximum Gasteiger partial charge on any atom is 0.00723 e. The third kappa shape index (κ3) is 10.7. The molecule has 2 heteroatoms. The summed E-state index contributed by atoms with van der Waals surface area (Å²) in [6, 6.07) is 0. The summed E-state index contributed by atoms with van der Waals surface area (Å²) in [5.74, 6) is 0. The molecule has 0 bridgehead atoms.